The average molecular weight is 342 g/mol. The zero-order valence-corrected chi connectivity index (χ0v) is 12.0. The molecular formula is C12H15BrF3NO2. The predicted molar refractivity (Wildman–Crippen MR) is 69.3 cm³/mol. The van der Waals surface area contributed by atoms with Crippen molar-refractivity contribution in [3.63, 3.8) is 0 Å². The highest BCUT2D eigenvalue weighted by molar-refractivity contribution is 9.10. The molecule has 0 bridgehead atoms. The number of hydrogen-bond acceptors (Lipinski definition) is 3. The van der Waals surface area contributed by atoms with Gasteiger partial charge in [-0.25, -0.2) is 0 Å². The van der Waals surface area contributed by atoms with Gasteiger partial charge < -0.3 is 14.8 Å². The highest BCUT2D eigenvalue weighted by atomic mass is 79.9. The van der Waals surface area contributed by atoms with E-state index in [1.807, 2.05) is 0 Å². The van der Waals surface area contributed by atoms with Crippen LogP contribution in [0.15, 0.2) is 22.7 Å². The SMILES string of the molecule is COCCNCc1cc(Br)ccc1OCC(F)(F)F. The molecule has 0 aliphatic heterocycles. The van der Waals surface area contributed by atoms with Crippen LogP contribution >= 0.6 is 15.9 Å². The van der Waals surface area contributed by atoms with Gasteiger partial charge in [0.05, 0.1) is 6.61 Å². The van der Waals surface area contributed by atoms with E-state index in [9.17, 15) is 13.2 Å². The predicted octanol–water partition coefficient (Wildman–Crippen LogP) is 3.13. The summed E-state index contributed by atoms with van der Waals surface area (Å²) in [6, 6.07) is 4.89. The second-order valence-electron chi connectivity index (χ2n) is 3.83. The molecule has 0 saturated heterocycles. The molecule has 0 aromatic heterocycles. The van der Waals surface area contributed by atoms with Gasteiger partial charge in [0.2, 0.25) is 0 Å². The maximum absolute atomic E-state index is 12.1. The first-order chi connectivity index (χ1) is 8.92. The van der Waals surface area contributed by atoms with Crippen molar-refractivity contribution in [2.75, 3.05) is 26.9 Å². The molecular weight excluding hydrogens is 327 g/mol. The Labute approximate surface area is 118 Å². The van der Waals surface area contributed by atoms with Crippen molar-refractivity contribution in [3.05, 3.63) is 28.2 Å². The lowest BCUT2D eigenvalue weighted by Crippen LogP contribution is -2.22. The van der Waals surface area contributed by atoms with Crippen molar-refractivity contribution in [2.24, 2.45) is 0 Å². The number of benzene rings is 1. The molecule has 0 spiro atoms. The summed E-state index contributed by atoms with van der Waals surface area (Å²) < 4.78 is 46.9. The summed E-state index contributed by atoms with van der Waals surface area (Å²) >= 11 is 3.28. The summed E-state index contributed by atoms with van der Waals surface area (Å²) in [5.74, 6) is 0.227. The summed E-state index contributed by atoms with van der Waals surface area (Å²) in [5.41, 5.74) is 0.662. The number of rotatable bonds is 7. The molecule has 0 saturated carbocycles. The molecule has 108 valence electrons. The van der Waals surface area contributed by atoms with Gasteiger partial charge in [-0.05, 0) is 18.2 Å². The molecule has 0 aliphatic carbocycles. The Hall–Kier alpha value is -0.790. The largest absolute Gasteiger partial charge is 0.484 e. The summed E-state index contributed by atoms with van der Waals surface area (Å²) in [6.45, 7) is 0.268. The normalized spacial score (nSPS) is 11.6. The zero-order chi connectivity index (χ0) is 14.3. The van der Waals surface area contributed by atoms with Crippen LogP contribution in [0.1, 0.15) is 5.56 Å². The highest BCUT2D eigenvalue weighted by Gasteiger charge is 2.28. The Morgan fingerprint density at radius 2 is 2.05 bits per heavy atom. The molecule has 3 nitrogen and oxygen atoms in total. The molecule has 1 N–H and O–H groups in total. The monoisotopic (exact) mass is 341 g/mol. The van der Waals surface area contributed by atoms with E-state index in [1.54, 1.807) is 19.2 Å². The van der Waals surface area contributed by atoms with Gasteiger partial charge in [-0.3, -0.25) is 0 Å². The van der Waals surface area contributed by atoms with E-state index in [-0.39, 0.29) is 5.75 Å². The van der Waals surface area contributed by atoms with E-state index < -0.39 is 12.8 Å². The lowest BCUT2D eigenvalue weighted by atomic mass is 10.2. The smallest absolute Gasteiger partial charge is 0.422 e. The average Bonchev–Trinajstić information content (AvgIpc) is 2.32. The lowest BCUT2D eigenvalue weighted by Gasteiger charge is -2.14. The first-order valence-electron chi connectivity index (χ1n) is 5.60. The Balaban J connectivity index is 2.63. The quantitative estimate of drug-likeness (QED) is 0.773. The Morgan fingerprint density at radius 3 is 2.68 bits per heavy atom. The van der Waals surface area contributed by atoms with Crippen molar-refractivity contribution >= 4 is 15.9 Å². The molecule has 0 fully saturated rings. The van der Waals surface area contributed by atoms with Crippen LogP contribution in [0.2, 0.25) is 0 Å². The maximum Gasteiger partial charge on any atom is 0.422 e. The van der Waals surface area contributed by atoms with Crippen LogP contribution in [0.4, 0.5) is 13.2 Å². The van der Waals surface area contributed by atoms with Gasteiger partial charge in [-0.2, -0.15) is 13.2 Å². The van der Waals surface area contributed by atoms with Crippen LogP contribution in [-0.4, -0.2) is 33.0 Å². The van der Waals surface area contributed by atoms with Gasteiger partial charge in [0.15, 0.2) is 6.61 Å². The highest BCUT2D eigenvalue weighted by Crippen LogP contribution is 2.25. The zero-order valence-electron chi connectivity index (χ0n) is 10.4. The van der Waals surface area contributed by atoms with Gasteiger partial charge in [0, 0.05) is 30.2 Å². The van der Waals surface area contributed by atoms with Crippen molar-refractivity contribution in [2.45, 2.75) is 12.7 Å². The molecule has 1 aromatic carbocycles. The number of methoxy groups -OCH3 is 1. The molecule has 0 radical (unpaired) electrons. The van der Waals surface area contributed by atoms with E-state index in [0.717, 1.165) is 4.47 Å². The van der Waals surface area contributed by atoms with Crippen LogP contribution in [-0.2, 0) is 11.3 Å². The number of halogens is 4. The number of ether oxygens (including phenoxy) is 2. The van der Waals surface area contributed by atoms with Crippen LogP contribution in [0.3, 0.4) is 0 Å². The van der Waals surface area contributed by atoms with Crippen molar-refractivity contribution in [1.82, 2.24) is 5.32 Å². The van der Waals surface area contributed by atoms with Gasteiger partial charge in [-0.1, -0.05) is 15.9 Å². The third-order valence-corrected chi connectivity index (χ3v) is 2.71. The minimum atomic E-state index is -4.34. The minimum absolute atomic E-state index is 0.227. The molecule has 1 aromatic rings. The minimum Gasteiger partial charge on any atom is -0.484 e. The summed E-state index contributed by atoms with van der Waals surface area (Å²) in [7, 11) is 1.58. The van der Waals surface area contributed by atoms with Gasteiger partial charge in [-0.15, -0.1) is 0 Å². The second kappa shape index (κ2) is 7.72. The van der Waals surface area contributed by atoms with E-state index in [0.29, 0.717) is 25.3 Å². The van der Waals surface area contributed by atoms with Crippen molar-refractivity contribution in [3.8, 4) is 5.75 Å². The summed E-state index contributed by atoms with van der Waals surface area (Å²) in [6.07, 6.45) is -4.34. The van der Waals surface area contributed by atoms with Crippen LogP contribution in [0, 0.1) is 0 Å². The Bertz CT molecular complexity index is 399. The Morgan fingerprint density at radius 1 is 1.32 bits per heavy atom. The van der Waals surface area contributed by atoms with Gasteiger partial charge >= 0.3 is 6.18 Å². The fraction of sp³-hybridized carbons (Fsp3) is 0.500. The third-order valence-electron chi connectivity index (χ3n) is 2.21. The fourth-order valence-electron chi connectivity index (χ4n) is 1.38. The van der Waals surface area contributed by atoms with E-state index >= 15 is 0 Å². The first-order valence-corrected chi connectivity index (χ1v) is 6.39. The molecule has 0 atom stereocenters. The summed E-state index contributed by atoms with van der Waals surface area (Å²) in [4.78, 5) is 0. The molecule has 0 aliphatic rings. The van der Waals surface area contributed by atoms with Crippen LogP contribution in [0.5, 0.6) is 5.75 Å². The van der Waals surface area contributed by atoms with Crippen molar-refractivity contribution < 1.29 is 22.6 Å². The van der Waals surface area contributed by atoms with E-state index in [2.05, 4.69) is 21.2 Å². The Kier molecular flexibility index (Phi) is 6.60. The van der Waals surface area contributed by atoms with Gasteiger partial charge in [0.25, 0.3) is 0 Å². The van der Waals surface area contributed by atoms with Gasteiger partial charge in [0.1, 0.15) is 5.75 Å². The molecule has 1 rings (SSSR count). The topological polar surface area (TPSA) is 30.5 Å². The first kappa shape index (κ1) is 16.3. The second-order valence-corrected chi connectivity index (χ2v) is 4.74. The number of nitrogens with one attached hydrogen (secondary N) is 1. The fourth-order valence-corrected chi connectivity index (χ4v) is 1.79. The maximum atomic E-state index is 12.1. The van der Waals surface area contributed by atoms with Crippen LogP contribution in [0.25, 0.3) is 0 Å². The standard InChI is InChI=1S/C12H15BrF3NO2/c1-18-5-4-17-7-9-6-10(13)2-3-11(9)19-8-12(14,15)16/h2-3,6,17H,4-5,7-8H2,1H3. The third kappa shape index (κ3) is 6.79. The molecule has 0 amide bonds. The molecule has 0 heterocycles. The lowest BCUT2D eigenvalue weighted by molar-refractivity contribution is -0.153. The molecule has 7 heteroatoms. The number of hydrogen-bond donors (Lipinski definition) is 1. The van der Waals surface area contributed by atoms with E-state index in [1.165, 1.54) is 6.07 Å². The number of alkyl halides is 3. The van der Waals surface area contributed by atoms with Crippen LogP contribution < -0.4 is 10.1 Å². The molecule has 0 unspecified atom stereocenters. The van der Waals surface area contributed by atoms with Crippen molar-refractivity contribution in [1.29, 1.82) is 0 Å². The molecule has 19 heavy (non-hydrogen) atoms. The van der Waals surface area contributed by atoms with E-state index in [4.69, 9.17) is 9.47 Å². The summed E-state index contributed by atoms with van der Waals surface area (Å²) in [5, 5.41) is 3.06.